The molecule has 0 radical (unpaired) electrons. The van der Waals surface area contributed by atoms with Crippen molar-refractivity contribution in [1.29, 1.82) is 0 Å². The first-order valence-corrected chi connectivity index (χ1v) is 10.0. The molecule has 28 heavy (non-hydrogen) atoms. The first-order chi connectivity index (χ1) is 13.6. The van der Waals surface area contributed by atoms with Crippen molar-refractivity contribution in [1.82, 2.24) is 24.5 Å². The van der Waals surface area contributed by atoms with Gasteiger partial charge in [-0.25, -0.2) is 18.4 Å². The van der Waals surface area contributed by atoms with Gasteiger partial charge in [-0.3, -0.25) is 4.68 Å². The second-order valence-electron chi connectivity index (χ2n) is 7.83. The monoisotopic (exact) mass is 383 g/mol. The third kappa shape index (κ3) is 3.02. The molecule has 1 fully saturated rings. The lowest BCUT2D eigenvalue weighted by Crippen LogP contribution is -2.16. The predicted octanol–water partition coefficient (Wildman–Crippen LogP) is 4.77. The van der Waals surface area contributed by atoms with Crippen molar-refractivity contribution in [2.75, 3.05) is 0 Å². The zero-order valence-electron chi connectivity index (χ0n) is 15.9. The summed E-state index contributed by atoms with van der Waals surface area (Å²) >= 11 is 0. The predicted molar refractivity (Wildman–Crippen MR) is 101 cm³/mol. The second kappa shape index (κ2) is 6.79. The standard InChI is InChI=1S/C21H23F2N5/c1-13(27-12-11-17(25-27)15-9-10-15)21-24-20(19(22)23)26-28(21)18-8-4-6-14-5-2-3-7-16(14)18/h4,6,8,11-13,15,19H,2-3,5,7,9-10H2,1H3. The van der Waals surface area contributed by atoms with Crippen molar-refractivity contribution < 1.29 is 8.78 Å². The highest BCUT2D eigenvalue weighted by Gasteiger charge is 2.29. The van der Waals surface area contributed by atoms with E-state index in [0.717, 1.165) is 37.1 Å². The number of alkyl halides is 2. The number of aryl methyl sites for hydroxylation is 1. The van der Waals surface area contributed by atoms with Crippen LogP contribution in [0.2, 0.25) is 0 Å². The van der Waals surface area contributed by atoms with Gasteiger partial charge in [0.1, 0.15) is 6.04 Å². The molecule has 0 spiro atoms. The summed E-state index contributed by atoms with van der Waals surface area (Å²) in [7, 11) is 0. The largest absolute Gasteiger partial charge is 0.299 e. The minimum atomic E-state index is -2.70. The summed E-state index contributed by atoms with van der Waals surface area (Å²) in [6, 6.07) is 7.81. The number of hydrogen-bond acceptors (Lipinski definition) is 3. The number of benzene rings is 1. The summed E-state index contributed by atoms with van der Waals surface area (Å²) < 4.78 is 30.3. The van der Waals surface area contributed by atoms with Gasteiger partial charge in [-0.05, 0) is 68.7 Å². The van der Waals surface area contributed by atoms with Crippen molar-refractivity contribution in [2.45, 2.75) is 63.8 Å². The lowest BCUT2D eigenvalue weighted by atomic mass is 9.90. The molecule has 2 aliphatic rings. The van der Waals surface area contributed by atoms with E-state index in [-0.39, 0.29) is 6.04 Å². The van der Waals surface area contributed by atoms with E-state index in [1.165, 1.54) is 24.0 Å². The van der Waals surface area contributed by atoms with E-state index < -0.39 is 12.2 Å². The molecule has 1 aromatic carbocycles. The van der Waals surface area contributed by atoms with Crippen LogP contribution in [0.1, 0.15) is 79.5 Å². The summed E-state index contributed by atoms with van der Waals surface area (Å²) in [6.45, 7) is 1.94. The van der Waals surface area contributed by atoms with Crippen molar-refractivity contribution in [3.05, 3.63) is 58.9 Å². The van der Waals surface area contributed by atoms with Crippen LogP contribution in [0, 0.1) is 0 Å². The Morgan fingerprint density at radius 2 is 1.89 bits per heavy atom. The van der Waals surface area contributed by atoms with Crippen molar-refractivity contribution in [2.24, 2.45) is 0 Å². The van der Waals surface area contributed by atoms with E-state index >= 15 is 0 Å². The third-order valence-electron chi connectivity index (χ3n) is 5.84. The maximum Gasteiger partial charge on any atom is 0.299 e. The second-order valence-corrected chi connectivity index (χ2v) is 7.83. The molecule has 1 atom stereocenters. The minimum absolute atomic E-state index is 0.285. The molecule has 0 saturated heterocycles. The zero-order valence-corrected chi connectivity index (χ0v) is 15.9. The van der Waals surface area contributed by atoms with Gasteiger partial charge >= 0.3 is 0 Å². The fraction of sp³-hybridized carbons (Fsp3) is 0.476. The van der Waals surface area contributed by atoms with Gasteiger partial charge in [0.15, 0.2) is 5.82 Å². The lowest BCUT2D eigenvalue weighted by Gasteiger charge is -2.21. The molecule has 0 bridgehead atoms. The Kier molecular flexibility index (Phi) is 4.25. The Hall–Kier alpha value is -2.57. The van der Waals surface area contributed by atoms with E-state index in [9.17, 15) is 8.78 Å². The van der Waals surface area contributed by atoms with Crippen molar-refractivity contribution in [3.63, 3.8) is 0 Å². The van der Waals surface area contributed by atoms with Gasteiger partial charge in [-0.1, -0.05) is 12.1 Å². The van der Waals surface area contributed by atoms with Crippen LogP contribution in [0.15, 0.2) is 30.5 Å². The topological polar surface area (TPSA) is 48.5 Å². The highest BCUT2D eigenvalue weighted by Crippen LogP contribution is 2.39. The quantitative estimate of drug-likeness (QED) is 0.638. The van der Waals surface area contributed by atoms with E-state index in [1.54, 1.807) is 4.68 Å². The number of nitrogens with zero attached hydrogens (tertiary/aromatic N) is 5. The van der Waals surface area contributed by atoms with Crippen LogP contribution in [0.3, 0.4) is 0 Å². The molecular weight excluding hydrogens is 360 g/mol. The molecule has 2 aromatic heterocycles. The molecule has 2 heterocycles. The zero-order chi connectivity index (χ0) is 19.3. The van der Waals surface area contributed by atoms with Gasteiger partial charge in [0.2, 0.25) is 5.82 Å². The molecule has 0 amide bonds. The summed E-state index contributed by atoms with van der Waals surface area (Å²) in [5.74, 6) is 0.619. The molecular formula is C21H23F2N5. The van der Waals surface area contributed by atoms with E-state index in [0.29, 0.717) is 11.7 Å². The lowest BCUT2D eigenvalue weighted by molar-refractivity contribution is 0.140. The van der Waals surface area contributed by atoms with Crippen LogP contribution in [-0.2, 0) is 12.8 Å². The third-order valence-corrected chi connectivity index (χ3v) is 5.84. The molecule has 5 nitrogen and oxygen atoms in total. The highest BCUT2D eigenvalue weighted by molar-refractivity contribution is 5.47. The van der Waals surface area contributed by atoms with Gasteiger partial charge in [0.05, 0.1) is 11.4 Å². The van der Waals surface area contributed by atoms with Crippen molar-refractivity contribution in [3.8, 4) is 5.69 Å². The van der Waals surface area contributed by atoms with Crippen LogP contribution < -0.4 is 0 Å². The number of fused-ring (bicyclic) bond motifs is 1. The van der Waals surface area contributed by atoms with Crippen LogP contribution >= 0.6 is 0 Å². The molecule has 1 unspecified atom stereocenters. The molecule has 1 saturated carbocycles. The van der Waals surface area contributed by atoms with Crippen LogP contribution in [0.4, 0.5) is 8.78 Å². The van der Waals surface area contributed by atoms with Crippen LogP contribution in [-0.4, -0.2) is 24.5 Å². The number of aromatic nitrogens is 5. The smallest absolute Gasteiger partial charge is 0.262 e. The summed E-state index contributed by atoms with van der Waals surface area (Å²) in [4.78, 5) is 4.22. The molecule has 0 aliphatic heterocycles. The van der Waals surface area contributed by atoms with E-state index in [1.807, 2.05) is 36.0 Å². The maximum absolute atomic E-state index is 13.4. The van der Waals surface area contributed by atoms with Gasteiger partial charge < -0.3 is 0 Å². The van der Waals surface area contributed by atoms with Crippen molar-refractivity contribution >= 4 is 0 Å². The molecule has 7 heteroatoms. The number of hydrogen-bond donors (Lipinski definition) is 0. The van der Waals surface area contributed by atoms with Gasteiger partial charge in [0.25, 0.3) is 6.43 Å². The fourth-order valence-corrected chi connectivity index (χ4v) is 4.12. The molecule has 5 rings (SSSR count). The summed E-state index contributed by atoms with van der Waals surface area (Å²) in [6.07, 6.45) is 5.79. The average Bonchev–Trinajstić information content (AvgIpc) is 3.27. The summed E-state index contributed by atoms with van der Waals surface area (Å²) in [5.41, 5.74) is 4.43. The molecule has 3 aromatic rings. The molecule has 146 valence electrons. The Labute approximate surface area is 162 Å². The first kappa shape index (κ1) is 17.5. The van der Waals surface area contributed by atoms with Crippen LogP contribution in [0.25, 0.3) is 5.69 Å². The van der Waals surface area contributed by atoms with Gasteiger partial charge in [0, 0.05) is 12.1 Å². The fourth-order valence-electron chi connectivity index (χ4n) is 4.12. The number of rotatable bonds is 5. The average molecular weight is 383 g/mol. The van der Waals surface area contributed by atoms with E-state index in [2.05, 4.69) is 21.2 Å². The maximum atomic E-state index is 13.4. The Morgan fingerprint density at radius 1 is 1.07 bits per heavy atom. The van der Waals surface area contributed by atoms with Crippen LogP contribution in [0.5, 0.6) is 0 Å². The first-order valence-electron chi connectivity index (χ1n) is 10.0. The van der Waals surface area contributed by atoms with Gasteiger partial charge in [-0.15, -0.1) is 5.10 Å². The van der Waals surface area contributed by atoms with Gasteiger partial charge in [-0.2, -0.15) is 5.10 Å². The molecule has 2 aliphatic carbocycles. The Morgan fingerprint density at radius 3 is 2.68 bits per heavy atom. The normalized spacial score (nSPS) is 17.7. The SMILES string of the molecule is CC(c1nc(C(F)F)nn1-c1cccc2c1CCCC2)n1ccc(C2CC2)n1. The minimum Gasteiger partial charge on any atom is -0.262 e. The highest BCUT2D eigenvalue weighted by atomic mass is 19.3. The molecule has 0 N–H and O–H groups in total. The number of halogens is 2. The Balaban J connectivity index is 1.60. The van der Waals surface area contributed by atoms with E-state index in [4.69, 9.17) is 0 Å². The Bertz CT molecular complexity index is 1000. The summed E-state index contributed by atoms with van der Waals surface area (Å²) in [5, 5.41) is 8.88.